The van der Waals surface area contributed by atoms with E-state index in [0.29, 0.717) is 34.2 Å². The molecule has 0 saturated heterocycles. The number of aromatic nitrogens is 1. The quantitative estimate of drug-likeness (QED) is 0.0637. The van der Waals surface area contributed by atoms with E-state index in [0.717, 1.165) is 92.2 Å². The van der Waals surface area contributed by atoms with Gasteiger partial charge < -0.3 is 25.7 Å². The summed E-state index contributed by atoms with van der Waals surface area (Å²) >= 11 is 0. The monoisotopic (exact) mass is 715 g/mol. The first-order valence-electron chi connectivity index (χ1n) is 18.8. The number of hydrogen-bond acceptors (Lipinski definition) is 6. The van der Waals surface area contributed by atoms with E-state index >= 15 is 0 Å². The predicted octanol–water partition coefficient (Wildman–Crippen LogP) is 8.62. The minimum absolute atomic E-state index is 0.281. The van der Waals surface area contributed by atoms with Gasteiger partial charge in [-0.1, -0.05) is 81.3 Å². The second-order valence-corrected chi connectivity index (χ2v) is 13.6. The molecule has 9 nitrogen and oxygen atoms in total. The van der Waals surface area contributed by atoms with Gasteiger partial charge in [0.2, 0.25) is 0 Å². The maximum Gasteiger partial charge on any atom is 0.337 e. The third-order valence-electron chi connectivity index (χ3n) is 9.67. The fraction of sp³-hybridized carbons (Fsp3) is 0.341. The number of anilines is 2. The second kappa shape index (κ2) is 19.5. The highest BCUT2D eigenvalue weighted by Crippen LogP contribution is 2.28. The van der Waals surface area contributed by atoms with E-state index < -0.39 is 0 Å². The number of aromatic amines is 1. The first-order chi connectivity index (χ1) is 25.8. The van der Waals surface area contributed by atoms with Crippen LogP contribution in [-0.4, -0.2) is 61.0 Å². The molecule has 1 heterocycles. The lowest BCUT2D eigenvalue weighted by molar-refractivity contribution is 0.0600. The van der Waals surface area contributed by atoms with Crippen molar-refractivity contribution in [2.75, 3.05) is 37.9 Å². The van der Waals surface area contributed by atoms with Crippen LogP contribution in [0.5, 0.6) is 0 Å². The van der Waals surface area contributed by atoms with E-state index in [-0.39, 0.29) is 17.8 Å². The summed E-state index contributed by atoms with van der Waals surface area (Å²) in [5.74, 6) is -0.571. The summed E-state index contributed by atoms with van der Waals surface area (Å²) in [5.41, 5.74) is 6.29. The van der Waals surface area contributed by atoms with Crippen molar-refractivity contribution in [3.05, 3.63) is 130 Å². The number of nitrogens with one attached hydrogen (secondary N) is 4. The molecule has 4 aromatic carbocycles. The van der Waals surface area contributed by atoms with E-state index in [1.54, 1.807) is 12.1 Å². The molecule has 278 valence electrons. The van der Waals surface area contributed by atoms with E-state index in [4.69, 9.17) is 4.74 Å². The summed E-state index contributed by atoms with van der Waals surface area (Å²) in [6.45, 7) is 7.07. The Bertz CT molecular complexity index is 1950. The number of fused-ring (bicyclic) bond motifs is 1. The number of carbonyl (C=O) groups excluding carboxylic acids is 3. The number of methoxy groups -OCH3 is 1. The highest BCUT2D eigenvalue weighted by atomic mass is 16.5. The van der Waals surface area contributed by atoms with E-state index in [2.05, 4.69) is 45.7 Å². The fourth-order valence-corrected chi connectivity index (χ4v) is 6.90. The zero-order valence-corrected chi connectivity index (χ0v) is 31.5. The van der Waals surface area contributed by atoms with Gasteiger partial charge in [-0.25, -0.2) is 4.79 Å². The van der Waals surface area contributed by atoms with Gasteiger partial charge in [-0.3, -0.25) is 14.5 Å². The number of amides is 2. The molecule has 1 aromatic heterocycles. The number of carbonyl (C=O) groups is 3. The van der Waals surface area contributed by atoms with Crippen molar-refractivity contribution >= 4 is 40.2 Å². The Labute approximate surface area is 313 Å². The number of likely N-dealkylation sites (N-methyl/N-ethyl adjacent to an activating group) is 1. The van der Waals surface area contributed by atoms with E-state index in [1.165, 1.54) is 7.11 Å². The number of aryl methyl sites for hydroxylation is 2. The molecule has 0 spiro atoms. The summed E-state index contributed by atoms with van der Waals surface area (Å²) in [5, 5.41) is 10.1. The average Bonchev–Trinajstić information content (AvgIpc) is 3.55. The Kier molecular flexibility index (Phi) is 14.4. The van der Waals surface area contributed by atoms with Crippen molar-refractivity contribution in [1.82, 2.24) is 15.2 Å². The van der Waals surface area contributed by atoms with Crippen LogP contribution in [0.25, 0.3) is 10.9 Å². The summed E-state index contributed by atoms with van der Waals surface area (Å²) in [6, 6.07) is 31.2. The molecule has 0 bridgehead atoms. The summed E-state index contributed by atoms with van der Waals surface area (Å²) in [4.78, 5) is 45.1. The molecule has 0 aliphatic carbocycles. The normalized spacial score (nSPS) is 11.3. The smallest absolute Gasteiger partial charge is 0.337 e. The molecule has 0 aliphatic rings. The largest absolute Gasteiger partial charge is 0.465 e. The Morgan fingerprint density at radius 3 is 2.09 bits per heavy atom. The third-order valence-corrected chi connectivity index (χ3v) is 9.67. The lowest BCUT2D eigenvalue weighted by Crippen LogP contribution is -2.39. The highest BCUT2D eigenvalue weighted by Gasteiger charge is 2.22. The first kappa shape index (κ1) is 39.0. The molecule has 0 saturated carbocycles. The SMILES string of the molecule is CCCC(CCC)N(CCNC)Cc1cccc(C(=O)Nc2[nH]c3ccccc3c2C(=O)Nc2ccc(CCCc3ccc(C(=O)OC)cc3)cc2)c1. The van der Waals surface area contributed by atoms with Crippen LogP contribution in [0.15, 0.2) is 97.1 Å². The van der Waals surface area contributed by atoms with Crippen LogP contribution in [0.3, 0.4) is 0 Å². The van der Waals surface area contributed by atoms with Gasteiger partial charge in [0.15, 0.2) is 0 Å². The number of H-pyrrole nitrogens is 1. The van der Waals surface area contributed by atoms with Gasteiger partial charge in [-0.15, -0.1) is 0 Å². The van der Waals surface area contributed by atoms with Crippen LogP contribution in [0, 0.1) is 0 Å². The Morgan fingerprint density at radius 2 is 1.43 bits per heavy atom. The van der Waals surface area contributed by atoms with Crippen molar-refractivity contribution in [2.45, 2.75) is 71.4 Å². The van der Waals surface area contributed by atoms with Gasteiger partial charge in [-0.2, -0.15) is 0 Å². The van der Waals surface area contributed by atoms with Gasteiger partial charge in [0.05, 0.1) is 18.2 Å². The van der Waals surface area contributed by atoms with Gasteiger partial charge in [0.25, 0.3) is 11.8 Å². The molecule has 2 amide bonds. The molecule has 9 heteroatoms. The van der Waals surface area contributed by atoms with Gasteiger partial charge >= 0.3 is 5.97 Å². The van der Waals surface area contributed by atoms with Crippen LogP contribution in [-0.2, 0) is 24.1 Å². The molecule has 0 fully saturated rings. The number of nitrogens with zero attached hydrogens (tertiary/aromatic N) is 1. The first-order valence-corrected chi connectivity index (χ1v) is 18.8. The van der Waals surface area contributed by atoms with Crippen molar-refractivity contribution in [3.8, 4) is 0 Å². The van der Waals surface area contributed by atoms with Crippen LogP contribution in [0.2, 0.25) is 0 Å². The second-order valence-electron chi connectivity index (χ2n) is 13.6. The van der Waals surface area contributed by atoms with Crippen molar-refractivity contribution in [2.24, 2.45) is 0 Å². The third kappa shape index (κ3) is 10.7. The predicted molar refractivity (Wildman–Crippen MR) is 215 cm³/mol. The topological polar surface area (TPSA) is 116 Å². The number of hydrogen-bond donors (Lipinski definition) is 4. The van der Waals surface area contributed by atoms with Crippen molar-refractivity contribution in [1.29, 1.82) is 0 Å². The van der Waals surface area contributed by atoms with E-state index in [1.807, 2.05) is 85.9 Å². The molecule has 0 atom stereocenters. The number of para-hydroxylation sites is 1. The van der Waals surface area contributed by atoms with Crippen molar-refractivity contribution in [3.63, 3.8) is 0 Å². The zero-order valence-electron chi connectivity index (χ0n) is 31.5. The standard InChI is InChI=1S/C44H53N5O4/c1-5-11-37(12-6-2)49(28-27-45-3)30-33-15-10-16-35(29-33)42(50)48-41-40(38-17-7-8-18-39(38)47-41)43(51)46-36-25-21-32(22-26-36)14-9-13-31-19-23-34(24-20-31)44(52)53-4/h7-8,10,15-26,29,37,45,47H,5-6,9,11-14,27-28,30H2,1-4H3,(H,46,51)(H,48,50). The molecule has 0 radical (unpaired) electrons. The maximum absolute atomic E-state index is 13.8. The van der Waals surface area contributed by atoms with Crippen LogP contribution < -0.4 is 16.0 Å². The fourth-order valence-electron chi connectivity index (χ4n) is 6.90. The van der Waals surface area contributed by atoms with Crippen LogP contribution in [0.4, 0.5) is 11.5 Å². The zero-order chi connectivity index (χ0) is 37.6. The van der Waals surface area contributed by atoms with Crippen LogP contribution in [0.1, 0.15) is 93.7 Å². The average molecular weight is 716 g/mol. The lowest BCUT2D eigenvalue weighted by Gasteiger charge is -2.32. The molecule has 53 heavy (non-hydrogen) atoms. The molecule has 4 N–H and O–H groups in total. The van der Waals surface area contributed by atoms with Gasteiger partial charge in [0.1, 0.15) is 5.82 Å². The van der Waals surface area contributed by atoms with E-state index in [9.17, 15) is 14.4 Å². The maximum atomic E-state index is 13.8. The summed E-state index contributed by atoms with van der Waals surface area (Å²) in [7, 11) is 3.36. The van der Waals surface area contributed by atoms with Gasteiger partial charge in [0, 0.05) is 47.8 Å². The summed E-state index contributed by atoms with van der Waals surface area (Å²) < 4.78 is 4.78. The Balaban J connectivity index is 1.25. The number of rotatable bonds is 19. The molecule has 0 unspecified atom stereocenters. The summed E-state index contributed by atoms with van der Waals surface area (Å²) in [6.07, 6.45) is 7.25. The molecule has 5 aromatic rings. The number of benzene rings is 4. The molecular formula is C44H53N5O4. The highest BCUT2D eigenvalue weighted by molar-refractivity contribution is 6.19. The number of esters is 1. The lowest BCUT2D eigenvalue weighted by atomic mass is 10.0. The van der Waals surface area contributed by atoms with Gasteiger partial charge in [-0.05, 0) is 98.3 Å². The Morgan fingerprint density at radius 1 is 0.755 bits per heavy atom. The molecule has 0 aliphatic heterocycles. The van der Waals surface area contributed by atoms with Crippen LogP contribution >= 0.6 is 0 Å². The Hall–Kier alpha value is -5.25. The molecular weight excluding hydrogens is 663 g/mol. The minimum Gasteiger partial charge on any atom is -0.465 e. The minimum atomic E-state index is -0.336. The number of ether oxygens (including phenoxy) is 1. The van der Waals surface area contributed by atoms with Crippen molar-refractivity contribution < 1.29 is 19.1 Å². The molecule has 5 rings (SSSR count).